The molecule has 0 saturated carbocycles. The van der Waals surface area contributed by atoms with Gasteiger partial charge in [-0.05, 0) is 6.92 Å². The number of hydrogen-bond donors (Lipinski definition) is 2. The third-order valence-electron chi connectivity index (χ3n) is 1.84. The number of carbonyl (C=O) groups excluding carboxylic acids is 1. The van der Waals surface area contributed by atoms with Gasteiger partial charge in [0.15, 0.2) is 11.5 Å². The van der Waals surface area contributed by atoms with Crippen molar-refractivity contribution >= 4 is 11.7 Å². The SMILES string of the molecule is CCOc1cc(N)c(C(=O)OC)cc1O. The molecular weight excluding hydrogens is 198 g/mol. The maximum Gasteiger partial charge on any atom is 0.340 e. The van der Waals surface area contributed by atoms with Gasteiger partial charge in [0.2, 0.25) is 0 Å². The lowest BCUT2D eigenvalue weighted by Crippen LogP contribution is -2.06. The van der Waals surface area contributed by atoms with Gasteiger partial charge in [0.25, 0.3) is 0 Å². The molecule has 0 aliphatic rings. The van der Waals surface area contributed by atoms with Crippen molar-refractivity contribution < 1.29 is 19.4 Å². The lowest BCUT2D eigenvalue weighted by Gasteiger charge is -2.09. The van der Waals surface area contributed by atoms with Gasteiger partial charge >= 0.3 is 5.97 Å². The topological polar surface area (TPSA) is 81.8 Å². The number of anilines is 1. The number of rotatable bonds is 3. The first kappa shape index (κ1) is 11.2. The van der Waals surface area contributed by atoms with Crippen LogP contribution < -0.4 is 10.5 Å². The normalized spacial score (nSPS) is 9.73. The number of nitrogens with two attached hydrogens (primary N) is 1. The number of carbonyl (C=O) groups is 1. The fourth-order valence-electron chi connectivity index (χ4n) is 1.14. The molecule has 0 saturated heterocycles. The molecule has 0 radical (unpaired) electrons. The zero-order valence-corrected chi connectivity index (χ0v) is 8.61. The molecule has 5 nitrogen and oxygen atoms in total. The van der Waals surface area contributed by atoms with Crippen LogP contribution in [0.4, 0.5) is 5.69 Å². The second kappa shape index (κ2) is 4.54. The van der Waals surface area contributed by atoms with E-state index in [1.165, 1.54) is 19.2 Å². The summed E-state index contributed by atoms with van der Waals surface area (Å²) in [5, 5.41) is 9.50. The molecule has 0 fully saturated rings. The van der Waals surface area contributed by atoms with Crippen molar-refractivity contribution in [2.45, 2.75) is 6.92 Å². The maximum absolute atomic E-state index is 11.2. The molecule has 15 heavy (non-hydrogen) atoms. The Morgan fingerprint density at radius 1 is 1.53 bits per heavy atom. The van der Waals surface area contributed by atoms with Gasteiger partial charge in [-0.15, -0.1) is 0 Å². The van der Waals surface area contributed by atoms with E-state index in [1.807, 2.05) is 0 Å². The summed E-state index contributed by atoms with van der Waals surface area (Å²) >= 11 is 0. The number of phenolic OH excluding ortho intramolecular Hbond substituents is 1. The van der Waals surface area contributed by atoms with Gasteiger partial charge in [0.1, 0.15) is 0 Å². The summed E-state index contributed by atoms with van der Waals surface area (Å²) in [6.07, 6.45) is 0. The Balaban J connectivity index is 3.13. The van der Waals surface area contributed by atoms with Crippen LogP contribution in [0.15, 0.2) is 12.1 Å². The molecule has 0 spiro atoms. The van der Waals surface area contributed by atoms with Crippen LogP contribution in [0.25, 0.3) is 0 Å². The zero-order chi connectivity index (χ0) is 11.4. The number of benzene rings is 1. The van der Waals surface area contributed by atoms with Crippen LogP contribution in [0.1, 0.15) is 17.3 Å². The van der Waals surface area contributed by atoms with Crippen LogP contribution in [0, 0.1) is 0 Å². The van der Waals surface area contributed by atoms with Gasteiger partial charge in [0.05, 0.1) is 25.0 Å². The summed E-state index contributed by atoms with van der Waals surface area (Å²) in [5.74, 6) is -0.472. The average molecular weight is 211 g/mol. The van der Waals surface area contributed by atoms with Gasteiger partial charge < -0.3 is 20.3 Å². The van der Waals surface area contributed by atoms with Crippen molar-refractivity contribution in [2.24, 2.45) is 0 Å². The van der Waals surface area contributed by atoms with E-state index in [0.717, 1.165) is 0 Å². The van der Waals surface area contributed by atoms with Crippen molar-refractivity contribution in [3.05, 3.63) is 17.7 Å². The largest absolute Gasteiger partial charge is 0.504 e. The van der Waals surface area contributed by atoms with E-state index in [0.29, 0.717) is 6.61 Å². The monoisotopic (exact) mass is 211 g/mol. The molecule has 0 unspecified atom stereocenters. The lowest BCUT2D eigenvalue weighted by molar-refractivity contribution is 0.0601. The molecule has 1 aromatic carbocycles. The fourth-order valence-corrected chi connectivity index (χ4v) is 1.14. The summed E-state index contributed by atoms with van der Waals surface area (Å²) in [6.45, 7) is 2.19. The molecule has 1 aromatic rings. The van der Waals surface area contributed by atoms with Gasteiger partial charge in [-0.3, -0.25) is 0 Å². The van der Waals surface area contributed by atoms with Gasteiger partial charge in [-0.2, -0.15) is 0 Å². The molecule has 1 rings (SSSR count). The highest BCUT2D eigenvalue weighted by atomic mass is 16.5. The average Bonchev–Trinajstić information content (AvgIpc) is 2.22. The van der Waals surface area contributed by atoms with Crippen molar-refractivity contribution in [1.82, 2.24) is 0 Å². The Kier molecular flexibility index (Phi) is 3.38. The van der Waals surface area contributed by atoms with Gasteiger partial charge in [-0.25, -0.2) is 4.79 Å². The first-order valence-electron chi connectivity index (χ1n) is 4.43. The lowest BCUT2D eigenvalue weighted by atomic mass is 10.1. The number of esters is 1. The van der Waals surface area contributed by atoms with E-state index in [2.05, 4.69) is 4.74 Å². The first-order chi connectivity index (χ1) is 7.10. The van der Waals surface area contributed by atoms with Crippen LogP contribution in [0.5, 0.6) is 11.5 Å². The summed E-state index contributed by atoms with van der Waals surface area (Å²) in [4.78, 5) is 11.2. The Hall–Kier alpha value is -1.91. The standard InChI is InChI=1S/C10H13NO4/c1-3-15-9-5-7(11)6(4-8(9)12)10(13)14-2/h4-5,12H,3,11H2,1-2H3. The highest BCUT2D eigenvalue weighted by Crippen LogP contribution is 2.31. The van der Waals surface area contributed by atoms with E-state index < -0.39 is 5.97 Å². The smallest absolute Gasteiger partial charge is 0.340 e. The quantitative estimate of drug-likeness (QED) is 0.445. The minimum atomic E-state index is -0.592. The van der Waals surface area contributed by atoms with E-state index >= 15 is 0 Å². The second-order valence-electron chi connectivity index (χ2n) is 2.83. The van der Waals surface area contributed by atoms with Crippen molar-refractivity contribution in [3.8, 4) is 11.5 Å². The van der Waals surface area contributed by atoms with E-state index in [1.54, 1.807) is 6.92 Å². The van der Waals surface area contributed by atoms with Gasteiger partial charge in [0, 0.05) is 12.1 Å². The first-order valence-corrected chi connectivity index (χ1v) is 4.43. The molecule has 0 aliphatic carbocycles. The molecule has 0 amide bonds. The number of aromatic hydroxyl groups is 1. The maximum atomic E-state index is 11.2. The second-order valence-corrected chi connectivity index (χ2v) is 2.83. The minimum Gasteiger partial charge on any atom is -0.504 e. The molecule has 0 heterocycles. The van der Waals surface area contributed by atoms with Gasteiger partial charge in [-0.1, -0.05) is 0 Å². The summed E-state index contributed by atoms with van der Waals surface area (Å²) in [6, 6.07) is 2.62. The third-order valence-corrected chi connectivity index (χ3v) is 1.84. The number of ether oxygens (including phenoxy) is 2. The Morgan fingerprint density at radius 2 is 2.20 bits per heavy atom. The number of nitrogen functional groups attached to an aromatic ring is 1. The Labute approximate surface area is 87.4 Å². The Morgan fingerprint density at radius 3 is 2.73 bits per heavy atom. The molecular formula is C10H13NO4. The zero-order valence-electron chi connectivity index (χ0n) is 8.61. The van der Waals surface area contributed by atoms with Crippen LogP contribution >= 0.6 is 0 Å². The molecule has 0 bridgehead atoms. The predicted molar refractivity (Wildman–Crippen MR) is 55.0 cm³/mol. The summed E-state index contributed by atoms with van der Waals surface area (Å²) < 4.78 is 9.60. The van der Waals surface area contributed by atoms with E-state index in [4.69, 9.17) is 10.5 Å². The van der Waals surface area contributed by atoms with Crippen LogP contribution in [0.3, 0.4) is 0 Å². The van der Waals surface area contributed by atoms with Crippen LogP contribution in [-0.4, -0.2) is 24.8 Å². The van der Waals surface area contributed by atoms with Crippen molar-refractivity contribution in [3.63, 3.8) is 0 Å². The molecule has 0 aromatic heterocycles. The molecule has 82 valence electrons. The van der Waals surface area contributed by atoms with E-state index in [-0.39, 0.29) is 22.7 Å². The molecule has 0 atom stereocenters. The molecule has 3 N–H and O–H groups in total. The van der Waals surface area contributed by atoms with Crippen molar-refractivity contribution in [1.29, 1.82) is 0 Å². The van der Waals surface area contributed by atoms with Crippen molar-refractivity contribution in [2.75, 3.05) is 19.5 Å². The van der Waals surface area contributed by atoms with Crippen LogP contribution in [0.2, 0.25) is 0 Å². The third kappa shape index (κ3) is 2.31. The summed E-state index contributed by atoms with van der Waals surface area (Å²) in [7, 11) is 1.25. The number of hydrogen-bond acceptors (Lipinski definition) is 5. The highest BCUT2D eigenvalue weighted by molar-refractivity contribution is 5.96. The molecule has 0 aliphatic heterocycles. The van der Waals surface area contributed by atoms with Crippen LogP contribution in [-0.2, 0) is 4.74 Å². The number of methoxy groups -OCH3 is 1. The van der Waals surface area contributed by atoms with E-state index in [9.17, 15) is 9.90 Å². The minimum absolute atomic E-state index is 0.124. The highest BCUT2D eigenvalue weighted by Gasteiger charge is 2.14. The summed E-state index contributed by atoms with van der Waals surface area (Å²) in [5.41, 5.74) is 5.94. The Bertz CT molecular complexity index is 376. The molecule has 5 heteroatoms. The predicted octanol–water partition coefficient (Wildman–Crippen LogP) is 1.16. The number of phenols is 1. The fraction of sp³-hybridized carbons (Fsp3) is 0.300.